The van der Waals surface area contributed by atoms with Crippen LogP contribution in [-0.2, 0) is 16.1 Å². The number of carbonyl (C=O) groups excluding carboxylic acids is 1. The molecule has 2 aromatic carbocycles. The van der Waals surface area contributed by atoms with Gasteiger partial charge in [0.15, 0.2) is 6.61 Å². The predicted molar refractivity (Wildman–Crippen MR) is 102 cm³/mol. The minimum atomic E-state index is -0.155. The number of benzene rings is 2. The van der Waals surface area contributed by atoms with Crippen LogP contribution in [-0.4, -0.2) is 38.8 Å². The second-order valence-corrected chi connectivity index (χ2v) is 6.77. The standard InChI is InChI=1S/C21H26N2O3/c1-16-4-3-5-20(17(16)2)26-15-21(24)22-19-8-6-18(7-9-19)14-23-10-12-25-13-11-23/h3-9H,10-15H2,1-2H3,(H,22,24)/p+1. The lowest BCUT2D eigenvalue weighted by Gasteiger charge is -2.23. The molecular formula is C21H27N2O3+. The number of nitrogens with one attached hydrogen (secondary N) is 2. The lowest BCUT2D eigenvalue weighted by molar-refractivity contribution is -0.921. The molecular weight excluding hydrogens is 328 g/mol. The van der Waals surface area contributed by atoms with Gasteiger partial charge in [0.2, 0.25) is 0 Å². The number of amides is 1. The summed E-state index contributed by atoms with van der Waals surface area (Å²) < 4.78 is 11.0. The Hall–Kier alpha value is -2.37. The number of ether oxygens (including phenoxy) is 2. The van der Waals surface area contributed by atoms with E-state index in [1.54, 1.807) is 0 Å². The highest BCUT2D eigenvalue weighted by Gasteiger charge is 2.14. The number of anilines is 1. The van der Waals surface area contributed by atoms with Crippen molar-refractivity contribution >= 4 is 11.6 Å². The predicted octanol–water partition coefficient (Wildman–Crippen LogP) is 1.74. The molecule has 2 N–H and O–H groups in total. The van der Waals surface area contributed by atoms with Gasteiger partial charge in [0.25, 0.3) is 5.91 Å². The van der Waals surface area contributed by atoms with Crippen molar-refractivity contribution in [1.29, 1.82) is 0 Å². The summed E-state index contributed by atoms with van der Waals surface area (Å²) in [6.07, 6.45) is 0. The fourth-order valence-corrected chi connectivity index (χ4v) is 3.05. The number of hydrogen-bond donors (Lipinski definition) is 2. The Morgan fingerprint density at radius 1 is 1.12 bits per heavy atom. The average molecular weight is 355 g/mol. The molecule has 1 amide bonds. The van der Waals surface area contributed by atoms with Gasteiger partial charge in [0, 0.05) is 11.3 Å². The van der Waals surface area contributed by atoms with Crippen LogP contribution in [0.1, 0.15) is 16.7 Å². The topological polar surface area (TPSA) is 52.0 Å². The molecule has 5 heteroatoms. The van der Waals surface area contributed by atoms with Gasteiger partial charge in [-0.1, -0.05) is 24.3 Å². The molecule has 0 atom stereocenters. The first-order valence-corrected chi connectivity index (χ1v) is 9.11. The van der Waals surface area contributed by atoms with Crippen molar-refractivity contribution in [3.8, 4) is 5.75 Å². The van der Waals surface area contributed by atoms with Gasteiger partial charge in [-0.15, -0.1) is 0 Å². The largest absolute Gasteiger partial charge is 0.483 e. The van der Waals surface area contributed by atoms with Gasteiger partial charge in [-0.3, -0.25) is 4.79 Å². The third-order valence-corrected chi connectivity index (χ3v) is 4.81. The SMILES string of the molecule is Cc1cccc(OCC(=O)Nc2ccc(C[NH+]3CCOCC3)cc2)c1C. The summed E-state index contributed by atoms with van der Waals surface area (Å²) in [5.41, 5.74) is 4.28. The summed E-state index contributed by atoms with van der Waals surface area (Å²) in [7, 11) is 0. The number of aryl methyl sites for hydroxylation is 1. The molecule has 1 saturated heterocycles. The van der Waals surface area contributed by atoms with Crippen molar-refractivity contribution < 1.29 is 19.2 Å². The van der Waals surface area contributed by atoms with E-state index in [1.807, 2.05) is 44.2 Å². The Bertz CT molecular complexity index is 737. The van der Waals surface area contributed by atoms with Crippen molar-refractivity contribution in [2.45, 2.75) is 20.4 Å². The summed E-state index contributed by atoms with van der Waals surface area (Å²) in [6.45, 7) is 8.80. The van der Waals surface area contributed by atoms with E-state index in [-0.39, 0.29) is 12.5 Å². The zero-order chi connectivity index (χ0) is 18.4. The van der Waals surface area contributed by atoms with Crippen LogP contribution < -0.4 is 15.0 Å². The molecule has 2 aromatic rings. The summed E-state index contributed by atoms with van der Waals surface area (Å²) in [5.74, 6) is 0.599. The molecule has 1 fully saturated rings. The maximum Gasteiger partial charge on any atom is 0.262 e. The maximum atomic E-state index is 12.1. The van der Waals surface area contributed by atoms with E-state index in [0.29, 0.717) is 0 Å². The number of morpholine rings is 1. The van der Waals surface area contributed by atoms with Crippen LogP contribution in [0.4, 0.5) is 5.69 Å². The lowest BCUT2D eigenvalue weighted by atomic mass is 10.1. The van der Waals surface area contributed by atoms with Crippen LogP contribution >= 0.6 is 0 Å². The quantitative estimate of drug-likeness (QED) is 0.830. The number of rotatable bonds is 6. The molecule has 1 heterocycles. The van der Waals surface area contributed by atoms with Crippen LogP contribution in [0.3, 0.4) is 0 Å². The molecule has 0 aliphatic carbocycles. The molecule has 0 saturated carbocycles. The zero-order valence-electron chi connectivity index (χ0n) is 15.5. The van der Waals surface area contributed by atoms with Gasteiger partial charge >= 0.3 is 0 Å². The highest BCUT2D eigenvalue weighted by molar-refractivity contribution is 5.91. The minimum Gasteiger partial charge on any atom is -0.483 e. The van der Waals surface area contributed by atoms with Crippen LogP contribution in [0.15, 0.2) is 42.5 Å². The smallest absolute Gasteiger partial charge is 0.262 e. The molecule has 5 nitrogen and oxygen atoms in total. The molecule has 1 aliphatic rings. The first-order chi connectivity index (χ1) is 12.6. The van der Waals surface area contributed by atoms with E-state index in [0.717, 1.165) is 55.4 Å². The van der Waals surface area contributed by atoms with Crippen LogP contribution in [0.5, 0.6) is 5.75 Å². The van der Waals surface area contributed by atoms with Gasteiger partial charge in [-0.05, 0) is 43.2 Å². The Morgan fingerprint density at radius 2 is 1.85 bits per heavy atom. The van der Waals surface area contributed by atoms with Crippen molar-refractivity contribution in [3.05, 3.63) is 59.2 Å². The van der Waals surface area contributed by atoms with Gasteiger partial charge in [0.1, 0.15) is 25.4 Å². The normalized spacial score (nSPS) is 14.8. The molecule has 1 aliphatic heterocycles. The van der Waals surface area contributed by atoms with Crippen LogP contribution in [0, 0.1) is 13.8 Å². The Kier molecular flexibility index (Phi) is 6.26. The molecule has 3 rings (SSSR count). The Balaban J connectivity index is 1.48. The molecule has 0 radical (unpaired) electrons. The maximum absolute atomic E-state index is 12.1. The summed E-state index contributed by atoms with van der Waals surface area (Å²) >= 11 is 0. The van der Waals surface area contributed by atoms with Crippen molar-refractivity contribution in [2.24, 2.45) is 0 Å². The van der Waals surface area contributed by atoms with E-state index >= 15 is 0 Å². The Labute approximate surface area is 154 Å². The summed E-state index contributed by atoms with van der Waals surface area (Å²) in [5, 5.41) is 2.89. The number of carbonyl (C=O) groups is 1. The van der Waals surface area contributed by atoms with E-state index in [1.165, 1.54) is 10.5 Å². The van der Waals surface area contributed by atoms with Gasteiger partial charge in [0.05, 0.1) is 13.2 Å². The average Bonchev–Trinajstić information content (AvgIpc) is 2.65. The second-order valence-electron chi connectivity index (χ2n) is 6.77. The minimum absolute atomic E-state index is 0.00394. The first-order valence-electron chi connectivity index (χ1n) is 9.11. The first kappa shape index (κ1) is 18.4. The molecule has 0 aromatic heterocycles. The third kappa shape index (κ3) is 5.07. The van der Waals surface area contributed by atoms with Gasteiger partial charge < -0.3 is 19.7 Å². The van der Waals surface area contributed by atoms with Crippen molar-refractivity contribution in [1.82, 2.24) is 0 Å². The van der Waals surface area contributed by atoms with Gasteiger partial charge in [-0.2, -0.15) is 0 Å². The molecule has 0 spiro atoms. The second kappa shape index (κ2) is 8.83. The van der Waals surface area contributed by atoms with Crippen molar-refractivity contribution in [2.75, 3.05) is 38.2 Å². The fraction of sp³-hybridized carbons (Fsp3) is 0.381. The molecule has 0 bridgehead atoms. The van der Waals surface area contributed by atoms with Crippen LogP contribution in [0.25, 0.3) is 0 Å². The molecule has 0 unspecified atom stereocenters. The van der Waals surface area contributed by atoms with Crippen LogP contribution in [0.2, 0.25) is 0 Å². The Morgan fingerprint density at radius 3 is 2.58 bits per heavy atom. The highest BCUT2D eigenvalue weighted by atomic mass is 16.5. The van der Waals surface area contributed by atoms with E-state index in [9.17, 15) is 4.79 Å². The summed E-state index contributed by atoms with van der Waals surface area (Å²) in [6, 6.07) is 13.9. The van der Waals surface area contributed by atoms with Crippen molar-refractivity contribution in [3.63, 3.8) is 0 Å². The number of quaternary nitrogens is 1. The fourth-order valence-electron chi connectivity index (χ4n) is 3.05. The highest BCUT2D eigenvalue weighted by Crippen LogP contribution is 2.20. The van der Waals surface area contributed by atoms with E-state index in [2.05, 4.69) is 17.4 Å². The van der Waals surface area contributed by atoms with E-state index < -0.39 is 0 Å². The van der Waals surface area contributed by atoms with E-state index in [4.69, 9.17) is 9.47 Å². The third-order valence-electron chi connectivity index (χ3n) is 4.81. The number of hydrogen-bond acceptors (Lipinski definition) is 3. The molecule has 138 valence electrons. The summed E-state index contributed by atoms with van der Waals surface area (Å²) in [4.78, 5) is 13.7. The zero-order valence-corrected chi connectivity index (χ0v) is 15.5. The molecule has 26 heavy (non-hydrogen) atoms. The monoisotopic (exact) mass is 355 g/mol. The lowest BCUT2D eigenvalue weighted by Crippen LogP contribution is -3.12. The van der Waals surface area contributed by atoms with Gasteiger partial charge in [-0.25, -0.2) is 0 Å².